The summed E-state index contributed by atoms with van der Waals surface area (Å²) in [6.45, 7) is -0.0618. The summed E-state index contributed by atoms with van der Waals surface area (Å²) in [6, 6.07) is 15.8. The fraction of sp³-hybridized carbons (Fsp3) is 0.318. The predicted octanol–water partition coefficient (Wildman–Crippen LogP) is 3.03. The Morgan fingerprint density at radius 2 is 1.65 bits per heavy atom. The second kappa shape index (κ2) is 9.05. The van der Waals surface area contributed by atoms with E-state index in [0.29, 0.717) is 5.95 Å². The monoisotopic (exact) mass is 423 g/mol. The van der Waals surface area contributed by atoms with Crippen molar-refractivity contribution < 1.29 is 19.0 Å². The van der Waals surface area contributed by atoms with E-state index in [1.807, 2.05) is 53.2 Å². The Morgan fingerprint density at radius 1 is 1.03 bits per heavy atom. The highest BCUT2D eigenvalue weighted by molar-refractivity contribution is 5.90. The van der Waals surface area contributed by atoms with E-state index < -0.39 is 0 Å². The topological polar surface area (TPSA) is 99.5 Å². The van der Waals surface area contributed by atoms with Gasteiger partial charge in [-0.25, -0.2) is 4.68 Å². The number of aromatic nitrogens is 3. The molecular weight excluding hydrogens is 398 g/mol. The molecule has 1 aliphatic heterocycles. The minimum atomic E-state index is -0.307. The number of methoxy groups -OCH3 is 3. The molecule has 0 spiro atoms. The highest BCUT2D eigenvalue weighted by Crippen LogP contribution is 2.38. The summed E-state index contributed by atoms with van der Waals surface area (Å²) in [5.41, 5.74) is 2.18. The maximum atomic E-state index is 11.9. The lowest BCUT2D eigenvalue weighted by atomic mass is 9.93. The molecule has 0 saturated heterocycles. The van der Waals surface area contributed by atoms with Gasteiger partial charge in [-0.15, -0.1) is 5.10 Å². The Kier molecular flexibility index (Phi) is 6.03. The zero-order valence-corrected chi connectivity index (χ0v) is 17.7. The summed E-state index contributed by atoms with van der Waals surface area (Å²) in [5, 5.41) is 10.6. The van der Waals surface area contributed by atoms with Crippen molar-refractivity contribution in [1.82, 2.24) is 14.8 Å². The van der Waals surface area contributed by atoms with Crippen LogP contribution in [-0.4, -0.2) is 48.6 Å². The number of amides is 1. The van der Waals surface area contributed by atoms with E-state index >= 15 is 0 Å². The maximum absolute atomic E-state index is 11.9. The minimum Gasteiger partial charge on any atom is -0.497 e. The molecule has 2 N–H and O–H groups in total. The first kappa shape index (κ1) is 20.7. The molecule has 2 atom stereocenters. The van der Waals surface area contributed by atoms with Gasteiger partial charge in [0.25, 0.3) is 11.9 Å². The van der Waals surface area contributed by atoms with Crippen molar-refractivity contribution in [1.29, 1.82) is 0 Å². The summed E-state index contributed by atoms with van der Waals surface area (Å²) < 4.78 is 17.2. The van der Waals surface area contributed by atoms with Gasteiger partial charge in [0, 0.05) is 7.11 Å². The molecule has 4 rings (SSSR count). The van der Waals surface area contributed by atoms with Crippen LogP contribution in [0, 0.1) is 0 Å². The SMILES string of the molecule is COCC(=O)Nc1nc2n(n1)[C@H](c1ccc(OC)cc1)C[C@H](c1ccc(OC)cc1)N2. The van der Waals surface area contributed by atoms with Gasteiger partial charge in [0.15, 0.2) is 0 Å². The Balaban J connectivity index is 1.67. The molecule has 9 heteroatoms. The van der Waals surface area contributed by atoms with Gasteiger partial charge in [0.2, 0.25) is 5.95 Å². The van der Waals surface area contributed by atoms with Crippen LogP contribution in [0.4, 0.5) is 11.9 Å². The van der Waals surface area contributed by atoms with E-state index in [1.54, 1.807) is 14.2 Å². The third kappa shape index (κ3) is 4.46. The zero-order valence-electron chi connectivity index (χ0n) is 17.7. The Labute approximate surface area is 180 Å². The molecular formula is C22H25N5O4. The number of nitrogens with zero attached hydrogens (tertiary/aromatic N) is 3. The number of benzene rings is 2. The van der Waals surface area contributed by atoms with E-state index in [2.05, 4.69) is 20.7 Å². The summed E-state index contributed by atoms with van der Waals surface area (Å²) in [5.74, 6) is 2.10. The molecule has 0 aliphatic carbocycles. The normalized spacial score (nSPS) is 17.4. The molecule has 0 saturated carbocycles. The Bertz CT molecular complexity index is 1030. The lowest BCUT2D eigenvalue weighted by Gasteiger charge is -2.31. The first-order valence-electron chi connectivity index (χ1n) is 9.91. The van der Waals surface area contributed by atoms with Gasteiger partial charge < -0.3 is 19.5 Å². The molecule has 0 unspecified atom stereocenters. The average Bonchev–Trinajstić information content (AvgIpc) is 3.21. The molecule has 3 aromatic rings. The summed E-state index contributed by atoms with van der Waals surface area (Å²) >= 11 is 0. The molecule has 2 aromatic carbocycles. The Hall–Kier alpha value is -3.59. The second-order valence-corrected chi connectivity index (χ2v) is 7.18. The lowest BCUT2D eigenvalue weighted by molar-refractivity contribution is -0.119. The number of hydrogen-bond donors (Lipinski definition) is 2. The number of carbonyl (C=O) groups is 1. The molecule has 1 aliphatic rings. The molecule has 1 aromatic heterocycles. The lowest BCUT2D eigenvalue weighted by Crippen LogP contribution is -2.28. The van der Waals surface area contributed by atoms with Crippen LogP contribution in [0.1, 0.15) is 29.6 Å². The first-order chi connectivity index (χ1) is 15.1. The molecule has 0 radical (unpaired) electrons. The van der Waals surface area contributed by atoms with Crippen LogP contribution in [0.5, 0.6) is 11.5 Å². The highest BCUT2D eigenvalue weighted by Gasteiger charge is 2.31. The van der Waals surface area contributed by atoms with Crippen LogP contribution >= 0.6 is 0 Å². The van der Waals surface area contributed by atoms with Crippen LogP contribution in [0.25, 0.3) is 0 Å². The van der Waals surface area contributed by atoms with Crippen molar-refractivity contribution in [3.05, 3.63) is 59.7 Å². The number of fused-ring (bicyclic) bond motifs is 1. The first-order valence-corrected chi connectivity index (χ1v) is 9.91. The van der Waals surface area contributed by atoms with E-state index in [0.717, 1.165) is 29.0 Å². The summed E-state index contributed by atoms with van der Waals surface area (Å²) in [7, 11) is 4.76. The van der Waals surface area contributed by atoms with Gasteiger partial charge in [-0.3, -0.25) is 10.1 Å². The summed E-state index contributed by atoms with van der Waals surface area (Å²) in [4.78, 5) is 16.4. The third-order valence-corrected chi connectivity index (χ3v) is 5.23. The van der Waals surface area contributed by atoms with Crippen LogP contribution in [0.15, 0.2) is 48.5 Å². The van der Waals surface area contributed by atoms with Crippen LogP contribution in [-0.2, 0) is 9.53 Å². The highest BCUT2D eigenvalue weighted by atomic mass is 16.5. The van der Waals surface area contributed by atoms with Gasteiger partial charge in [-0.2, -0.15) is 4.98 Å². The average molecular weight is 423 g/mol. The largest absolute Gasteiger partial charge is 0.497 e. The van der Waals surface area contributed by atoms with Crippen molar-refractivity contribution in [2.75, 3.05) is 38.6 Å². The number of rotatable bonds is 7. The van der Waals surface area contributed by atoms with Gasteiger partial charge in [-0.1, -0.05) is 24.3 Å². The number of anilines is 2. The van der Waals surface area contributed by atoms with Gasteiger partial charge in [0.1, 0.15) is 18.1 Å². The molecule has 0 bridgehead atoms. The predicted molar refractivity (Wildman–Crippen MR) is 116 cm³/mol. The quantitative estimate of drug-likeness (QED) is 0.603. The number of carbonyl (C=O) groups excluding carboxylic acids is 1. The zero-order chi connectivity index (χ0) is 21.8. The standard InChI is InChI=1S/C22H25N5O4/c1-29-13-20(28)24-21-25-22-23-18(14-4-8-16(30-2)9-5-14)12-19(27(22)26-21)15-6-10-17(31-3)11-7-15/h4-11,18-19H,12-13H2,1-3H3,(H2,23,24,25,26,28)/t18-,19+/m1/s1. The maximum Gasteiger partial charge on any atom is 0.252 e. The minimum absolute atomic E-state index is 0.0113. The van der Waals surface area contributed by atoms with E-state index in [-0.39, 0.29) is 30.5 Å². The van der Waals surface area contributed by atoms with Crippen LogP contribution < -0.4 is 20.1 Å². The smallest absolute Gasteiger partial charge is 0.252 e. The molecule has 162 valence electrons. The van der Waals surface area contributed by atoms with E-state index in [1.165, 1.54) is 7.11 Å². The van der Waals surface area contributed by atoms with E-state index in [4.69, 9.17) is 14.2 Å². The molecule has 0 fully saturated rings. The van der Waals surface area contributed by atoms with Crippen molar-refractivity contribution in [2.24, 2.45) is 0 Å². The number of nitrogens with one attached hydrogen (secondary N) is 2. The summed E-state index contributed by atoms with van der Waals surface area (Å²) in [6.07, 6.45) is 0.750. The fourth-order valence-corrected chi connectivity index (χ4v) is 3.68. The second-order valence-electron chi connectivity index (χ2n) is 7.18. The Morgan fingerprint density at radius 3 is 2.23 bits per heavy atom. The number of hydrogen-bond acceptors (Lipinski definition) is 7. The third-order valence-electron chi connectivity index (χ3n) is 5.23. The van der Waals surface area contributed by atoms with Crippen LogP contribution in [0.3, 0.4) is 0 Å². The van der Waals surface area contributed by atoms with E-state index in [9.17, 15) is 4.79 Å². The van der Waals surface area contributed by atoms with Gasteiger partial charge in [-0.05, 0) is 41.8 Å². The molecule has 1 amide bonds. The number of ether oxygens (including phenoxy) is 3. The van der Waals surface area contributed by atoms with Crippen LogP contribution in [0.2, 0.25) is 0 Å². The van der Waals surface area contributed by atoms with Crippen molar-refractivity contribution >= 4 is 17.8 Å². The molecule has 2 heterocycles. The fourth-order valence-electron chi connectivity index (χ4n) is 3.68. The molecule has 9 nitrogen and oxygen atoms in total. The molecule has 31 heavy (non-hydrogen) atoms. The van der Waals surface area contributed by atoms with Gasteiger partial charge >= 0.3 is 0 Å². The van der Waals surface area contributed by atoms with Crippen molar-refractivity contribution in [2.45, 2.75) is 18.5 Å². The van der Waals surface area contributed by atoms with Crippen molar-refractivity contribution in [3.8, 4) is 11.5 Å². The van der Waals surface area contributed by atoms with Gasteiger partial charge in [0.05, 0.1) is 26.3 Å². The van der Waals surface area contributed by atoms with Crippen molar-refractivity contribution in [3.63, 3.8) is 0 Å².